The standard InChI is InChI=1S/C17H26N2O3/c1-13(12-20)18-17(22)15-9-6-8-14(11-15)7-4-5-10-16(21)19(2)3/h6,8-9,11,13,20H,4-5,7,10,12H2,1-3H3,(H,18,22). The Kier molecular flexibility index (Phi) is 7.60. The van der Waals surface area contributed by atoms with Gasteiger partial charge in [-0.25, -0.2) is 0 Å². The molecule has 0 heterocycles. The Balaban J connectivity index is 2.47. The Labute approximate surface area is 132 Å². The van der Waals surface area contributed by atoms with E-state index < -0.39 is 0 Å². The van der Waals surface area contributed by atoms with Gasteiger partial charge in [0.2, 0.25) is 5.91 Å². The van der Waals surface area contributed by atoms with Gasteiger partial charge in [0, 0.05) is 32.1 Å². The number of hydrogen-bond donors (Lipinski definition) is 2. The first-order valence-electron chi connectivity index (χ1n) is 7.65. The van der Waals surface area contributed by atoms with Crippen LogP contribution in [0.5, 0.6) is 0 Å². The minimum atomic E-state index is -0.256. The lowest BCUT2D eigenvalue weighted by Crippen LogP contribution is -2.34. The molecule has 2 N–H and O–H groups in total. The maximum absolute atomic E-state index is 12.0. The predicted octanol–water partition coefficient (Wildman–Crippen LogP) is 1.60. The topological polar surface area (TPSA) is 69.6 Å². The first-order chi connectivity index (χ1) is 10.4. The summed E-state index contributed by atoms with van der Waals surface area (Å²) in [5.41, 5.74) is 1.68. The van der Waals surface area contributed by atoms with Gasteiger partial charge < -0.3 is 15.3 Å². The van der Waals surface area contributed by atoms with Crippen LogP contribution >= 0.6 is 0 Å². The number of nitrogens with zero attached hydrogens (tertiary/aromatic N) is 1. The number of aryl methyl sites for hydroxylation is 1. The lowest BCUT2D eigenvalue weighted by atomic mass is 10.0. The number of unbranched alkanes of at least 4 members (excludes halogenated alkanes) is 1. The highest BCUT2D eigenvalue weighted by Crippen LogP contribution is 2.10. The van der Waals surface area contributed by atoms with Crippen LogP contribution < -0.4 is 5.32 Å². The summed E-state index contributed by atoms with van der Waals surface area (Å²) >= 11 is 0. The van der Waals surface area contributed by atoms with Crippen molar-refractivity contribution in [3.05, 3.63) is 35.4 Å². The van der Waals surface area contributed by atoms with Crippen LogP contribution in [-0.2, 0) is 11.2 Å². The molecule has 5 nitrogen and oxygen atoms in total. The molecule has 0 radical (unpaired) electrons. The first-order valence-corrected chi connectivity index (χ1v) is 7.65. The molecule has 122 valence electrons. The van der Waals surface area contributed by atoms with Gasteiger partial charge in [-0.2, -0.15) is 0 Å². The number of benzene rings is 1. The Morgan fingerprint density at radius 3 is 2.64 bits per heavy atom. The molecule has 0 aliphatic rings. The molecule has 0 aromatic heterocycles. The highest BCUT2D eigenvalue weighted by atomic mass is 16.3. The van der Waals surface area contributed by atoms with Crippen molar-refractivity contribution in [3.8, 4) is 0 Å². The Morgan fingerprint density at radius 1 is 1.27 bits per heavy atom. The molecule has 1 atom stereocenters. The molecular formula is C17H26N2O3. The third kappa shape index (κ3) is 6.26. The van der Waals surface area contributed by atoms with Crippen LogP contribution in [0.15, 0.2) is 24.3 Å². The molecule has 0 bridgehead atoms. The summed E-state index contributed by atoms with van der Waals surface area (Å²) in [6.07, 6.45) is 3.16. The molecule has 1 aromatic carbocycles. The van der Waals surface area contributed by atoms with Crippen LogP contribution in [0.2, 0.25) is 0 Å². The Morgan fingerprint density at radius 2 is 2.00 bits per heavy atom. The fourth-order valence-electron chi connectivity index (χ4n) is 2.05. The van der Waals surface area contributed by atoms with E-state index in [1.54, 1.807) is 32.0 Å². The molecule has 0 saturated carbocycles. The highest BCUT2D eigenvalue weighted by molar-refractivity contribution is 5.94. The predicted molar refractivity (Wildman–Crippen MR) is 86.7 cm³/mol. The van der Waals surface area contributed by atoms with E-state index in [1.165, 1.54) is 0 Å². The van der Waals surface area contributed by atoms with Gasteiger partial charge in [-0.1, -0.05) is 12.1 Å². The number of aliphatic hydroxyl groups is 1. The SMILES string of the molecule is CC(CO)NC(=O)c1cccc(CCCCC(=O)N(C)C)c1. The number of carbonyl (C=O) groups is 2. The van der Waals surface area contributed by atoms with E-state index in [4.69, 9.17) is 5.11 Å². The fraction of sp³-hybridized carbons (Fsp3) is 0.529. The van der Waals surface area contributed by atoms with Crippen molar-refractivity contribution in [3.63, 3.8) is 0 Å². The zero-order valence-electron chi connectivity index (χ0n) is 13.6. The van der Waals surface area contributed by atoms with E-state index in [0.717, 1.165) is 24.8 Å². The van der Waals surface area contributed by atoms with E-state index in [9.17, 15) is 9.59 Å². The molecule has 22 heavy (non-hydrogen) atoms. The van der Waals surface area contributed by atoms with Crippen LogP contribution in [-0.4, -0.2) is 48.6 Å². The summed E-state index contributed by atoms with van der Waals surface area (Å²) in [4.78, 5) is 25.1. The van der Waals surface area contributed by atoms with E-state index in [2.05, 4.69) is 5.32 Å². The van der Waals surface area contributed by atoms with Crippen molar-refractivity contribution in [2.75, 3.05) is 20.7 Å². The third-order valence-corrected chi connectivity index (χ3v) is 3.45. The molecule has 0 aliphatic carbocycles. The summed E-state index contributed by atoms with van der Waals surface area (Å²) < 4.78 is 0. The van der Waals surface area contributed by atoms with Crippen LogP contribution in [0.25, 0.3) is 0 Å². The monoisotopic (exact) mass is 306 g/mol. The second kappa shape index (κ2) is 9.20. The van der Waals surface area contributed by atoms with Gasteiger partial charge in [-0.15, -0.1) is 0 Å². The molecule has 5 heteroatoms. The normalized spacial score (nSPS) is 11.8. The number of aliphatic hydroxyl groups excluding tert-OH is 1. The van der Waals surface area contributed by atoms with Gasteiger partial charge in [-0.05, 0) is 43.9 Å². The minimum absolute atomic E-state index is 0.0780. The zero-order valence-corrected chi connectivity index (χ0v) is 13.6. The van der Waals surface area contributed by atoms with Crippen molar-refractivity contribution in [2.24, 2.45) is 0 Å². The zero-order chi connectivity index (χ0) is 16.5. The number of nitrogens with one attached hydrogen (secondary N) is 1. The summed E-state index contributed by atoms with van der Waals surface area (Å²) in [5.74, 6) is -0.0303. The molecule has 0 fully saturated rings. The smallest absolute Gasteiger partial charge is 0.251 e. The molecular weight excluding hydrogens is 280 g/mol. The molecule has 1 unspecified atom stereocenters. The molecule has 1 rings (SSSR count). The van der Waals surface area contributed by atoms with Gasteiger partial charge in [0.25, 0.3) is 5.91 Å². The van der Waals surface area contributed by atoms with Crippen molar-refractivity contribution in [1.82, 2.24) is 10.2 Å². The summed E-state index contributed by atoms with van der Waals surface area (Å²) in [5, 5.41) is 11.7. The fourth-order valence-corrected chi connectivity index (χ4v) is 2.05. The number of carbonyl (C=O) groups excluding carboxylic acids is 2. The van der Waals surface area contributed by atoms with Crippen LogP contribution in [0.1, 0.15) is 42.1 Å². The van der Waals surface area contributed by atoms with Crippen molar-refractivity contribution >= 4 is 11.8 Å². The van der Waals surface area contributed by atoms with Crippen LogP contribution in [0.4, 0.5) is 0 Å². The maximum Gasteiger partial charge on any atom is 0.251 e. The van der Waals surface area contributed by atoms with Crippen molar-refractivity contribution in [2.45, 2.75) is 38.6 Å². The van der Waals surface area contributed by atoms with E-state index in [0.29, 0.717) is 12.0 Å². The van der Waals surface area contributed by atoms with E-state index in [1.807, 2.05) is 18.2 Å². The molecule has 1 aromatic rings. The molecule has 0 saturated heterocycles. The van der Waals surface area contributed by atoms with Crippen LogP contribution in [0, 0.1) is 0 Å². The van der Waals surface area contributed by atoms with Gasteiger partial charge in [-0.3, -0.25) is 9.59 Å². The number of rotatable bonds is 8. The second-order valence-corrected chi connectivity index (χ2v) is 5.75. The van der Waals surface area contributed by atoms with Gasteiger partial charge >= 0.3 is 0 Å². The average molecular weight is 306 g/mol. The summed E-state index contributed by atoms with van der Waals surface area (Å²) in [6.45, 7) is 1.68. The average Bonchev–Trinajstić information content (AvgIpc) is 2.51. The summed E-state index contributed by atoms with van der Waals surface area (Å²) in [7, 11) is 3.52. The largest absolute Gasteiger partial charge is 0.394 e. The molecule has 0 aliphatic heterocycles. The van der Waals surface area contributed by atoms with E-state index >= 15 is 0 Å². The van der Waals surface area contributed by atoms with Gasteiger partial charge in [0.05, 0.1) is 6.61 Å². The van der Waals surface area contributed by atoms with Crippen molar-refractivity contribution < 1.29 is 14.7 Å². The Bertz CT molecular complexity index is 500. The third-order valence-electron chi connectivity index (χ3n) is 3.45. The second-order valence-electron chi connectivity index (χ2n) is 5.75. The van der Waals surface area contributed by atoms with Crippen molar-refractivity contribution in [1.29, 1.82) is 0 Å². The van der Waals surface area contributed by atoms with Gasteiger partial charge in [0.15, 0.2) is 0 Å². The lowest BCUT2D eigenvalue weighted by molar-refractivity contribution is -0.128. The molecule has 2 amide bonds. The quantitative estimate of drug-likeness (QED) is 0.717. The number of hydrogen-bond acceptors (Lipinski definition) is 3. The lowest BCUT2D eigenvalue weighted by Gasteiger charge is -2.12. The first kappa shape index (κ1) is 18.2. The van der Waals surface area contributed by atoms with E-state index in [-0.39, 0.29) is 24.5 Å². The maximum atomic E-state index is 12.0. The molecule has 0 spiro atoms. The minimum Gasteiger partial charge on any atom is -0.394 e. The Hall–Kier alpha value is -1.88. The highest BCUT2D eigenvalue weighted by Gasteiger charge is 2.09. The van der Waals surface area contributed by atoms with Gasteiger partial charge in [0.1, 0.15) is 0 Å². The van der Waals surface area contributed by atoms with Crippen LogP contribution in [0.3, 0.4) is 0 Å². The number of amides is 2. The summed E-state index contributed by atoms with van der Waals surface area (Å²) in [6, 6.07) is 7.22.